The van der Waals surface area contributed by atoms with Gasteiger partial charge in [0.25, 0.3) is 0 Å². The minimum absolute atomic E-state index is 0.351. The number of rotatable bonds is 2. The van der Waals surface area contributed by atoms with Crippen molar-refractivity contribution in [2.45, 2.75) is 6.10 Å². The second-order valence-corrected chi connectivity index (χ2v) is 4.18. The van der Waals surface area contributed by atoms with E-state index in [-0.39, 0.29) is 0 Å². The number of ether oxygens (including phenoxy) is 1. The van der Waals surface area contributed by atoms with E-state index in [0.29, 0.717) is 27.6 Å². The summed E-state index contributed by atoms with van der Waals surface area (Å²) in [5, 5.41) is 0. The van der Waals surface area contributed by atoms with Gasteiger partial charge in [-0.05, 0) is 0 Å². The second-order valence-electron chi connectivity index (χ2n) is 1.85. The Morgan fingerprint density at radius 2 is 2.25 bits per heavy atom. The molecule has 0 saturated carbocycles. The average molecular weight is 228 g/mol. The van der Waals surface area contributed by atoms with Gasteiger partial charge >= 0.3 is 60.6 Å². The fourth-order valence-corrected chi connectivity index (χ4v) is 2.34. The van der Waals surface area contributed by atoms with Crippen LogP contribution in [0.25, 0.3) is 0 Å². The van der Waals surface area contributed by atoms with Gasteiger partial charge in [0.15, 0.2) is 0 Å². The first-order chi connectivity index (χ1) is 3.86. The fourth-order valence-electron chi connectivity index (χ4n) is 0.676. The van der Waals surface area contributed by atoms with Crippen molar-refractivity contribution in [1.82, 2.24) is 3.11 Å². The molecule has 1 saturated heterocycles. The van der Waals surface area contributed by atoms with E-state index in [4.69, 9.17) is 4.74 Å². The molecule has 0 unspecified atom stereocenters. The fraction of sp³-hybridized carbons (Fsp3) is 1.00. The zero-order valence-corrected chi connectivity index (χ0v) is 7.38. The van der Waals surface area contributed by atoms with Gasteiger partial charge < -0.3 is 0 Å². The van der Waals surface area contributed by atoms with Crippen LogP contribution in [-0.2, 0) is 4.74 Å². The van der Waals surface area contributed by atoms with Crippen LogP contribution in [0.2, 0.25) is 0 Å². The maximum atomic E-state index is 5.09. The van der Waals surface area contributed by atoms with Crippen LogP contribution in [0.5, 0.6) is 0 Å². The Kier molecular flexibility index (Phi) is 2.52. The van der Waals surface area contributed by atoms with Crippen molar-refractivity contribution in [3.8, 4) is 0 Å². The Labute approximate surface area is 60.8 Å². The molecular formula is C5H11INO-. The Hall–Kier alpha value is 0.650. The van der Waals surface area contributed by atoms with E-state index in [1.54, 1.807) is 7.11 Å². The van der Waals surface area contributed by atoms with Gasteiger partial charge in [0, 0.05) is 0 Å². The monoisotopic (exact) mass is 228 g/mol. The van der Waals surface area contributed by atoms with Crippen molar-refractivity contribution >= 4 is 0 Å². The zero-order valence-electron chi connectivity index (χ0n) is 5.22. The van der Waals surface area contributed by atoms with Crippen molar-refractivity contribution in [2.75, 3.05) is 25.1 Å². The summed E-state index contributed by atoms with van der Waals surface area (Å²) in [6.07, 6.45) is 0.551. The maximum absolute atomic E-state index is 5.09. The SMILES string of the molecule is COC1CN([I-]C)C1. The molecule has 1 fully saturated rings. The molecule has 0 atom stereocenters. The quantitative estimate of drug-likeness (QED) is 0.283. The number of methoxy groups -OCH3 is 1. The van der Waals surface area contributed by atoms with E-state index in [0.717, 1.165) is 0 Å². The summed E-state index contributed by atoms with van der Waals surface area (Å²) in [5.41, 5.74) is 0. The van der Waals surface area contributed by atoms with Gasteiger partial charge in [0.05, 0.1) is 0 Å². The number of alkyl halides is 1. The second kappa shape index (κ2) is 2.98. The molecule has 0 aromatic carbocycles. The molecule has 0 radical (unpaired) electrons. The molecule has 1 aliphatic rings. The Bertz CT molecular complexity index is 64.8. The van der Waals surface area contributed by atoms with Crippen molar-refractivity contribution in [2.24, 2.45) is 0 Å². The van der Waals surface area contributed by atoms with Crippen LogP contribution in [0.1, 0.15) is 0 Å². The molecule has 0 aromatic heterocycles. The molecule has 1 rings (SSSR count). The van der Waals surface area contributed by atoms with E-state index < -0.39 is 0 Å². The normalized spacial score (nSPS) is 23.8. The third-order valence-electron chi connectivity index (χ3n) is 1.38. The summed E-state index contributed by atoms with van der Waals surface area (Å²) in [6.45, 7) is 2.36. The third kappa shape index (κ3) is 1.33. The molecule has 1 heterocycles. The van der Waals surface area contributed by atoms with Gasteiger partial charge in [0.2, 0.25) is 0 Å². The molecule has 50 valence electrons. The van der Waals surface area contributed by atoms with Gasteiger partial charge in [0.1, 0.15) is 0 Å². The van der Waals surface area contributed by atoms with Crippen molar-refractivity contribution in [3.05, 3.63) is 0 Å². The Morgan fingerprint density at radius 3 is 2.62 bits per heavy atom. The van der Waals surface area contributed by atoms with E-state index >= 15 is 0 Å². The van der Waals surface area contributed by atoms with Crippen LogP contribution in [0.3, 0.4) is 0 Å². The molecule has 0 amide bonds. The molecule has 8 heavy (non-hydrogen) atoms. The van der Waals surface area contributed by atoms with Crippen LogP contribution in [0.15, 0.2) is 0 Å². The van der Waals surface area contributed by atoms with Gasteiger partial charge in [-0.2, -0.15) is 0 Å². The summed E-state index contributed by atoms with van der Waals surface area (Å²) in [6, 6.07) is 0. The topological polar surface area (TPSA) is 12.5 Å². The van der Waals surface area contributed by atoms with E-state index in [1.807, 2.05) is 0 Å². The molecule has 0 aliphatic carbocycles. The number of halogens is 1. The predicted molar refractivity (Wildman–Crippen MR) is 28.3 cm³/mol. The molecule has 1 aliphatic heterocycles. The van der Waals surface area contributed by atoms with Crippen LogP contribution in [-0.4, -0.2) is 34.3 Å². The number of hydrogen-bond acceptors (Lipinski definition) is 2. The Balaban J connectivity index is 2.03. The average Bonchev–Trinajstić information content (AvgIpc) is 1.65. The van der Waals surface area contributed by atoms with Crippen molar-refractivity contribution < 1.29 is 26.2 Å². The standard InChI is InChI=1S/C5H11INO/c1-6-7-3-5(4-7)8-2/h5H,3-4H2,1-2H3/q-1. The summed E-state index contributed by atoms with van der Waals surface area (Å²) < 4.78 is 7.56. The summed E-state index contributed by atoms with van der Waals surface area (Å²) in [7, 11) is 1.79. The predicted octanol–water partition coefficient (Wildman–Crippen LogP) is -3.05. The van der Waals surface area contributed by atoms with Crippen molar-refractivity contribution in [1.29, 1.82) is 0 Å². The molecule has 3 heteroatoms. The van der Waals surface area contributed by atoms with Crippen molar-refractivity contribution in [3.63, 3.8) is 0 Å². The van der Waals surface area contributed by atoms with Crippen LogP contribution in [0, 0.1) is 0 Å². The van der Waals surface area contributed by atoms with Gasteiger partial charge in [-0.3, -0.25) is 0 Å². The Morgan fingerprint density at radius 1 is 1.62 bits per heavy atom. The van der Waals surface area contributed by atoms with Gasteiger partial charge in [-0.25, -0.2) is 0 Å². The molecular weight excluding hydrogens is 217 g/mol. The summed E-state index contributed by atoms with van der Waals surface area (Å²) in [5.74, 6) is 0. The molecule has 2 nitrogen and oxygen atoms in total. The molecule has 0 N–H and O–H groups in total. The van der Waals surface area contributed by atoms with E-state index in [2.05, 4.69) is 8.04 Å². The van der Waals surface area contributed by atoms with Gasteiger partial charge in [-0.1, -0.05) is 0 Å². The summed E-state index contributed by atoms with van der Waals surface area (Å²) in [4.78, 5) is 2.28. The first-order valence-electron chi connectivity index (χ1n) is 2.64. The molecule has 0 bridgehead atoms. The van der Waals surface area contributed by atoms with Crippen LogP contribution < -0.4 is 21.5 Å². The zero-order chi connectivity index (χ0) is 5.98. The van der Waals surface area contributed by atoms with E-state index in [9.17, 15) is 0 Å². The first-order valence-corrected chi connectivity index (χ1v) is 5.76. The van der Waals surface area contributed by atoms with Crippen LogP contribution >= 0.6 is 0 Å². The molecule has 0 aromatic rings. The number of hydrogen-bond donors (Lipinski definition) is 0. The summed E-state index contributed by atoms with van der Waals surface area (Å²) >= 11 is 0.351. The third-order valence-corrected chi connectivity index (χ3v) is 3.53. The van der Waals surface area contributed by atoms with E-state index in [1.165, 1.54) is 13.1 Å². The minimum atomic E-state index is 0.351. The molecule has 0 spiro atoms. The number of nitrogens with zero attached hydrogens (tertiary/aromatic N) is 1. The first kappa shape index (κ1) is 6.77. The van der Waals surface area contributed by atoms with Gasteiger partial charge in [-0.15, -0.1) is 0 Å². The van der Waals surface area contributed by atoms with Crippen LogP contribution in [0.4, 0.5) is 0 Å².